The van der Waals surface area contributed by atoms with Gasteiger partial charge >= 0.3 is 0 Å². The van der Waals surface area contributed by atoms with Crippen LogP contribution in [0.2, 0.25) is 0 Å². The number of halogens is 1. The van der Waals surface area contributed by atoms with E-state index < -0.39 is 0 Å². The molecule has 0 unspecified atom stereocenters. The maximum absolute atomic E-state index is 6.24. The third-order valence-corrected chi connectivity index (χ3v) is 0.749. The molecule has 2 nitrogen and oxygen atoms in total. The second-order valence-electron chi connectivity index (χ2n) is 0.666. The minimum atomic E-state index is 0. The van der Waals surface area contributed by atoms with E-state index in [1.54, 1.807) is 5.41 Å². The summed E-state index contributed by atoms with van der Waals surface area (Å²) in [6, 6.07) is 0. The highest BCUT2D eigenvalue weighted by atomic mass is 79.9. The van der Waals surface area contributed by atoms with E-state index in [9.17, 15) is 0 Å². The molecule has 0 amide bonds. The molecule has 0 spiro atoms. The Balaban J connectivity index is 0. The summed E-state index contributed by atoms with van der Waals surface area (Å²) in [4.78, 5) is 0. The van der Waals surface area contributed by atoms with Crippen LogP contribution >= 0.6 is 28.9 Å². The fraction of sp³-hybridized carbons (Fsp3) is 0.333. The number of hydrogen-bond acceptors (Lipinski definition) is 3. The van der Waals surface area contributed by atoms with Gasteiger partial charge in [0.15, 0.2) is 0 Å². The van der Waals surface area contributed by atoms with Gasteiger partial charge in [0.05, 0.1) is 0 Å². The van der Waals surface area contributed by atoms with Gasteiger partial charge in [0.2, 0.25) is 0 Å². The topological polar surface area (TPSA) is 36.2 Å². The Labute approximate surface area is 57.8 Å². The summed E-state index contributed by atoms with van der Waals surface area (Å²) in [6.07, 6.45) is 1.84. The van der Waals surface area contributed by atoms with E-state index in [0.717, 1.165) is 11.9 Å². The van der Waals surface area contributed by atoms with Gasteiger partial charge in [-0.15, -0.1) is 21.5 Å². The fourth-order valence-electron chi connectivity index (χ4n) is 0.0913. The second kappa shape index (κ2) is 9.48. The Morgan fingerprint density at radius 3 is 2.43 bits per heavy atom. The lowest BCUT2D eigenvalue weighted by atomic mass is 10.8. The monoisotopic (exact) mass is 182 g/mol. The molecule has 0 bridgehead atoms. The summed E-state index contributed by atoms with van der Waals surface area (Å²) in [5.41, 5.74) is 6.24. The van der Waals surface area contributed by atoms with Gasteiger partial charge in [0.1, 0.15) is 0 Å². The number of allylic oxidation sites excluding steroid dienone is 1. The van der Waals surface area contributed by atoms with Gasteiger partial charge in [0, 0.05) is 11.9 Å². The Kier molecular flexibility index (Phi) is 13.8. The van der Waals surface area contributed by atoms with Crippen LogP contribution in [0.4, 0.5) is 0 Å². The van der Waals surface area contributed by atoms with Crippen LogP contribution in [-0.4, -0.2) is 0 Å². The molecule has 7 heavy (non-hydrogen) atoms. The number of rotatable bonds is 2. The Morgan fingerprint density at radius 2 is 2.29 bits per heavy atom. The number of nitrogens with zero attached hydrogens (tertiary/aromatic N) is 1. The van der Waals surface area contributed by atoms with Crippen molar-refractivity contribution in [3.63, 3.8) is 0 Å². The molecule has 0 aromatic rings. The molecule has 0 saturated carbocycles. The van der Waals surface area contributed by atoms with E-state index in [1.807, 2.05) is 13.0 Å². The summed E-state index contributed by atoms with van der Waals surface area (Å²) < 4.78 is 3.01. The molecular formula is C3H7BrN2S. The molecule has 0 rings (SSSR count). The third kappa shape index (κ3) is 10.7. The SMILES string of the molecule is Br.CC=CSN=N. The van der Waals surface area contributed by atoms with Crippen molar-refractivity contribution >= 4 is 28.9 Å². The lowest BCUT2D eigenvalue weighted by Gasteiger charge is -1.67. The average Bonchev–Trinajstić information content (AvgIpc) is 1.61. The first-order valence-corrected chi connectivity index (χ1v) is 2.39. The van der Waals surface area contributed by atoms with Crippen molar-refractivity contribution < 1.29 is 0 Å². The molecule has 0 aliphatic rings. The molecule has 0 aliphatic carbocycles. The molecule has 0 aromatic carbocycles. The molecule has 0 atom stereocenters. The van der Waals surface area contributed by atoms with Crippen LogP contribution in [0, 0.1) is 5.53 Å². The standard InChI is InChI=1S/C3H6N2S.BrH/c1-2-3-6-5-4;/h2-4H,1H3;1H. The molecule has 0 heterocycles. The third-order valence-electron chi connectivity index (χ3n) is 0.250. The smallest absolute Gasteiger partial charge is 0.0252 e. The van der Waals surface area contributed by atoms with Crippen molar-refractivity contribution in [3.05, 3.63) is 11.5 Å². The van der Waals surface area contributed by atoms with E-state index >= 15 is 0 Å². The van der Waals surface area contributed by atoms with E-state index in [2.05, 4.69) is 4.52 Å². The minimum Gasteiger partial charge on any atom is -0.197 e. The molecule has 1 N–H and O–H groups in total. The molecule has 0 radical (unpaired) electrons. The Bertz CT molecular complexity index is 64.0. The normalized spacial score (nSPS) is 8.14. The van der Waals surface area contributed by atoms with E-state index in [1.165, 1.54) is 0 Å². The summed E-state index contributed by atoms with van der Waals surface area (Å²) in [5, 5.41) is 1.74. The first-order valence-electron chi connectivity index (χ1n) is 1.55. The quantitative estimate of drug-likeness (QED) is 0.518. The zero-order valence-corrected chi connectivity index (χ0v) is 6.45. The van der Waals surface area contributed by atoms with Crippen LogP contribution in [-0.2, 0) is 0 Å². The second-order valence-corrected chi connectivity index (χ2v) is 1.33. The van der Waals surface area contributed by atoms with Crippen molar-refractivity contribution in [1.82, 2.24) is 0 Å². The summed E-state index contributed by atoms with van der Waals surface area (Å²) >= 11 is 1.12. The van der Waals surface area contributed by atoms with Crippen LogP contribution in [0.5, 0.6) is 0 Å². The Hall–Kier alpha value is 0.170. The van der Waals surface area contributed by atoms with Crippen molar-refractivity contribution in [2.75, 3.05) is 0 Å². The highest BCUT2D eigenvalue weighted by Gasteiger charge is 1.60. The zero-order valence-electron chi connectivity index (χ0n) is 3.92. The predicted octanol–water partition coefficient (Wildman–Crippen LogP) is 2.78. The molecule has 0 saturated heterocycles. The van der Waals surface area contributed by atoms with Gasteiger partial charge in [-0.25, -0.2) is 0 Å². The molecule has 0 aromatic heterocycles. The summed E-state index contributed by atoms with van der Waals surface area (Å²) in [7, 11) is 0. The molecular weight excluding hydrogens is 176 g/mol. The van der Waals surface area contributed by atoms with Crippen LogP contribution in [0.15, 0.2) is 16.0 Å². The van der Waals surface area contributed by atoms with Gasteiger partial charge in [-0.05, 0) is 12.3 Å². The van der Waals surface area contributed by atoms with Gasteiger partial charge in [-0.3, -0.25) is 0 Å². The fourth-order valence-corrected chi connectivity index (χ4v) is 0.274. The largest absolute Gasteiger partial charge is 0.197 e. The van der Waals surface area contributed by atoms with Gasteiger partial charge in [-0.1, -0.05) is 6.08 Å². The van der Waals surface area contributed by atoms with E-state index in [4.69, 9.17) is 5.53 Å². The first kappa shape index (κ1) is 10.2. The lowest BCUT2D eigenvalue weighted by molar-refractivity contribution is 1.26. The molecule has 0 fully saturated rings. The van der Waals surface area contributed by atoms with Gasteiger partial charge < -0.3 is 0 Å². The summed E-state index contributed by atoms with van der Waals surface area (Å²) in [6.45, 7) is 1.89. The highest BCUT2D eigenvalue weighted by molar-refractivity contribution is 8.93. The van der Waals surface area contributed by atoms with Gasteiger partial charge in [0.25, 0.3) is 0 Å². The summed E-state index contributed by atoms with van der Waals surface area (Å²) in [5.74, 6) is 0. The van der Waals surface area contributed by atoms with E-state index in [-0.39, 0.29) is 17.0 Å². The van der Waals surface area contributed by atoms with Crippen LogP contribution < -0.4 is 0 Å². The van der Waals surface area contributed by atoms with Crippen LogP contribution in [0.25, 0.3) is 0 Å². The number of nitrogens with one attached hydrogen (secondary N) is 1. The van der Waals surface area contributed by atoms with Crippen molar-refractivity contribution in [2.24, 2.45) is 4.52 Å². The van der Waals surface area contributed by atoms with Gasteiger partial charge in [-0.2, -0.15) is 5.53 Å². The predicted molar refractivity (Wildman–Crippen MR) is 37.9 cm³/mol. The Morgan fingerprint density at radius 1 is 1.71 bits per heavy atom. The van der Waals surface area contributed by atoms with Crippen molar-refractivity contribution in [3.8, 4) is 0 Å². The first-order chi connectivity index (χ1) is 2.91. The lowest BCUT2D eigenvalue weighted by Crippen LogP contribution is -1.34. The van der Waals surface area contributed by atoms with Crippen molar-refractivity contribution in [1.29, 1.82) is 5.53 Å². The maximum Gasteiger partial charge on any atom is 0.0252 e. The van der Waals surface area contributed by atoms with E-state index in [0.29, 0.717) is 0 Å². The highest BCUT2D eigenvalue weighted by Crippen LogP contribution is 1.99. The minimum absolute atomic E-state index is 0. The zero-order chi connectivity index (χ0) is 4.83. The molecule has 42 valence electrons. The molecule has 4 heteroatoms. The van der Waals surface area contributed by atoms with Crippen LogP contribution in [0.1, 0.15) is 6.92 Å². The van der Waals surface area contributed by atoms with Crippen LogP contribution in [0.3, 0.4) is 0 Å². The number of hydrogen-bond donors (Lipinski definition) is 1. The van der Waals surface area contributed by atoms with Crippen molar-refractivity contribution in [2.45, 2.75) is 6.92 Å². The maximum atomic E-state index is 6.24. The average molecular weight is 183 g/mol. The molecule has 0 aliphatic heterocycles.